The number of ether oxygens (including phenoxy) is 1. The Labute approximate surface area is 265 Å². The van der Waals surface area contributed by atoms with Crippen molar-refractivity contribution in [3.8, 4) is 11.1 Å². The number of amides is 1. The largest absolute Gasteiger partial charge is 0.480 e. The molecule has 0 heterocycles. The number of benzene rings is 2. The van der Waals surface area contributed by atoms with Gasteiger partial charge in [0.15, 0.2) is 0 Å². The highest BCUT2D eigenvalue weighted by Gasteiger charge is 2.25. The molecule has 0 spiro atoms. The van der Waals surface area contributed by atoms with Gasteiger partial charge in [-0.3, -0.25) is 9.69 Å². The summed E-state index contributed by atoms with van der Waals surface area (Å²) in [6.45, 7) is 8.79. The molecule has 1 aliphatic carbocycles. The molecule has 2 atom stereocenters. The average Bonchev–Trinajstić information content (AvgIpc) is 2.97. The molecule has 2 N–H and O–H groups in total. The third-order valence-electron chi connectivity index (χ3n) is 8.51. The predicted molar refractivity (Wildman–Crippen MR) is 182 cm³/mol. The maximum atomic E-state index is 13.5. The van der Waals surface area contributed by atoms with Gasteiger partial charge >= 0.3 is 5.97 Å². The fraction of sp³-hybridized carbons (Fsp3) is 0.611. The quantitative estimate of drug-likeness (QED) is 0.176. The summed E-state index contributed by atoms with van der Waals surface area (Å²) in [4.78, 5) is 27.7. The van der Waals surface area contributed by atoms with E-state index in [9.17, 15) is 14.7 Å². The zero-order valence-corrected chi connectivity index (χ0v) is 27.2. The maximum absolute atomic E-state index is 13.5. The van der Waals surface area contributed by atoms with Crippen LogP contribution in [-0.4, -0.2) is 66.2 Å². The van der Waals surface area contributed by atoms with Crippen LogP contribution < -0.4 is 5.32 Å². The Bertz CT molecular complexity index is 1130. The van der Waals surface area contributed by atoms with Crippen LogP contribution in [0.4, 0.5) is 0 Å². The van der Waals surface area contributed by atoms with Crippen LogP contribution in [0.25, 0.3) is 11.1 Å². The van der Waals surface area contributed by atoms with Crippen molar-refractivity contribution in [2.24, 2.45) is 11.8 Å². The highest BCUT2D eigenvalue weighted by molar-refractivity contribution is 7.98. The molecule has 43 heavy (non-hydrogen) atoms. The lowest BCUT2D eigenvalue weighted by atomic mass is 9.84. The lowest BCUT2D eigenvalue weighted by Crippen LogP contribution is -2.41. The van der Waals surface area contributed by atoms with Crippen molar-refractivity contribution in [2.45, 2.75) is 98.2 Å². The van der Waals surface area contributed by atoms with Crippen LogP contribution in [0, 0.1) is 18.8 Å². The molecule has 1 amide bonds. The highest BCUT2D eigenvalue weighted by Crippen LogP contribution is 2.31. The van der Waals surface area contributed by atoms with Crippen molar-refractivity contribution < 1.29 is 19.4 Å². The second-order valence-corrected chi connectivity index (χ2v) is 13.4. The number of aliphatic carboxylic acids is 1. The minimum Gasteiger partial charge on any atom is -0.480 e. The van der Waals surface area contributed by atoms with Crippen molar-refractivity contribution in [1.29, 1.82) is 0 Å². The standard InChI is InChI=1S/C35H52N2O4S.CH4/c1-25(2)17-19-41-24-29(21-27-12-7-6-8-13-27)37(4)23-28-15-16-31(32(22-28)30-14-10-9-11-26(30)3)34(38)36-33(35(39)40)18-20-42-5;/h9-11,14-16,22,25,27,29,33H,6-8,12-13,17-21,23-24H2,1-5H3,(H,36,38)(H,39,40);1H4/t29-,33+;/m1./s1. The van der Waals surface area contributed by atoms with E-state index in [-0.39, 0.29) is 13.3 Å². The van der Waals surface area contributed by atoms with E-state index in [2.05, 4.69) is 37.2 Å². The first kappa shape index (κ1) is 36.8. The third kappa shape index (κ3) is 11.9. The molecule has 0 aromatic heterocycles. The predicted octanol–water partition coefficient (Wildman–Crippen LogP) is 8.07. The summed E-state index contributed by atoms with van der Waals surface area (Å²) in [5.74, 6) is 0.687. The first-order valence-corrected chi connectivity index (χ1v) is 17.1. The van der Waals surface area contributed by atoms with Gasteiger partial charge < -0.3 is 15.2 Å². The van der Waals surface area contributed by atoms with Gasteiger partial charge in [-0.1, -0.05) is 83.7 Å². The van der Waals surface area contributed by atoms with Gasteiger partial charge in [-0.2, -0.15) is 11.8 Å². The van der Waals surface area contributed by atoms with Crippen molar-refractivity contribution in [2.75, 3.05) is 32.3 Å². The van der Waals surface area contributed by atoms with Crippen LogP contribution in [-0.2, 0) is 16.1 Å². The van der Waals surface area contributed by atoms with Gasteiger partial charge in [0, 0.05) is 24.8 Å². The van der Waals surface area contributed by atoms with Gasteiger partial charge in [0.2, 0.25) is 0 Å². The summed E-state index contributed by atoms with van der Waals surface area (Å²) in [5.41, 5.74) is 4.52. The van der Waals surface area contributed by atoms with Gasteiger partial charge in [-0.05, 0) is 91.5 Å². The summed E-state index contributed by atoms with van der Waals surface area (Å²) in [6, 6.07) is 13.5. The van der Waals surface area contributed by atoms with E-state index >= 15 is 0 Å². The number of aryl methyl sites for hydroxylation is 1. The summed E-state index contributed by atoms with van der Waals surface area (Å²) in [5, 5.41) is 12.5. The number of nitrogens with zero attached hydrogens (tertiary/aromatic N) is 1. The Balaban J connectivity index is 0.00000645. The molecule has 0 aliphatic heterocycles. The zero-order chi connectivity index (χ0) is 30.5. The van der Waals surface area contributed by atoms with Gasteiger partial charge in [0.25, 0.3) is 5.91 Å². The summed E-state index contributed by atoms with van der Waals surface area (Å²) in [7, 11) is 2.19. The number of nitrogens with one attached hydrogen (secondary N) is 1. The Morgan fingerprint density at radius 1 is 1.07 bits per heavy atom. The molecule has 1 fully saturated rings. The lowest BCUT2D eigenvalue weighted by molar-refractivity contribution is -0.139. The molecule has 0 saturated heterocycles. The zero-order valence-electron chi connectivity index (χ0n) is 26.4. The van der Waals surface area contributed by atoms with E-state index < -0.39 is 12.0 Å². The molecule has 6 nitrogen and oxygen atoms in total. The number of rotatable bonds is 17. The molecule has 2 aromatic carbocycles. The van der Waals surface area contributed by atoms with Crippen molar-refractivity contribution >= 4 is 23.6 Å². The summed E-state index contributed by atoms with van der Waals surface area (Å²) >= 11 is 1.57. The van der Waals surface area contributed by atoms with Crippen molar-refractivity contribution in [3.05, 3.63) is 59.2 Å². The minimum atomic E-state index is -1.01. The van der Waals surface area contributed by atoms with Crippen LogP contribution in [0.1, 0.15) is 94.1 Å². The summed E-state index contributed by atoms with van der Waals surface area (Å²) in [6.07, 6.45) is 11.2. The van der Waals surface area contributed by atoms with Crippen molar-refractivity contribution in [3.63, 3.8) is 0 Å². The molecule has 2 aromatic rings. The molecular weight excluding hydrogens is 556 g/mol. The fourth-order valence-corrected chi connectivity index (χ4v) is 6.32. The highest BCUT2D eigenvalue weighted by atomic mass is 32.2. The molecule has 1 aliphatic rings. The van der Waals surface area contributed by atoms with Gasteiger partial charge in [-0.25, -0.2) is 4.79 Å². The average molecular weight is 613 g/mol. The van der Waals surface area contributed by atoms with Crippen LogP contribution in [0.2, 0.25) is 0 Å². The number of thioether (sulfide) groups is 1. The molecular formula is C36H56N2O4S. The molecule has 1 saturated carbocycles. The number of likely N-dealkylation sites (N-methyl/N-ethyl adjacent to an activating group) is 1. The van der Waals surface area contributed by atoms with E-state index in [1.165, 1.54) is 32.1 Å². The maximum Gasteiger partial charge on any atom is 0.326 e. The van der Waals surface area contributed by atoms with E-state index in [1.807, 2.05) is 49.6 Å². The van der Waals surface area contributed by atoms with Gasteiger partial charge in [-0.15, -0.1) is 0 Å². The molecule has 0 bridgehead atoms. The Kier molecular flexibility index (Phi) is 16.4. The molecule has 240 valence electrons. The van der Waals surface area contributed by atoms with Gasteiger partial charge in [0.1, 0.15) is 6.04 Å². The number of carbonyl (C=O) groups is 2. The molecule has 3 rings (SSSR count). The van der Waals surface area contributed by atoms with E-state index in [0.29, 0.717) is 29.7 Å². The van der Waals surface area contributed by atoms with E-state index in [0.717, 1.165) is 60.8 Å². The number of carboxylic acids is 1. The van der Waals surface area contributed by atoms with E-state index in [4.69, 9.17) is 4.74 Å². The molecule has 0 radical (unpaired) electrons. The number of hydrogen-bond donors (Lipinski definition) is 2. The number of hydrogen-bond acceptors (Lipinski definition) is 5. The van der Waals surface area contributed by atoms with Crippen LogP contribution in [0.15, 0.2) is 42.5 Å². The number of carboxylic acid groups (broad SMARTS) is 1. The first-order valence-electron chi connectivity index (χ1n) is 15.7. The summed E-state index contributed by atoms with van der Waals surface area (Å²) < 4.78 is 6.21. The third-order valence-corrected chi connectivity index (χ3v) is 9.16. The van der Waals surface area contributed by atoms with Crippen molar-refractivity contribution in [1.82, 2.24) is 10.2 Å². The molecule has 7 heteroatoms. The van der Waals surface area contributed by atoms with Crippen LogP contribution in [0.3, 0.4) is 0 Å². The topological polar surface area (TPSA) is 78.9 Å². The monoisotopic (exact) mass is 612 g/mol. The number of carbonyl (C=O) groups excluding carboxylic acids is 1. The van der Waals surface area contributed by atoms with Crippen LogP contribution >= 0.6 is 11.8 Å². The minimum absolute atomic E-state index is 0. The first-order chi connectivity index (χ1) is 20.2. The lowest BCUT2D eigenvalue weighted by Gasteiger charge is -2.33. The second kappa shape index (κ2) is 19.1. The van der Waals surface area contributed by atoms with Crippen LogP contribution in [0.5, 0.6) is 0 Å². The Morgan fingerprint density at radius 3 is 2.44 bits per heavy atom. The smallest absolute Gasteiger partial charge is 0.326 e. The Hall–Kier alpha value is -2.35. The Morgan fingerprint density at radius 2 is 1.79 bits per heavy atom. The normalized spacial score (nSPS) is 15.2. The fourth-order valence-electron chi connectivity index (χ4n) is 5.85. The van der Waals surface area contributed by atoms with Gasteiger partial charge in [0.05, 0.1) is 6.61 Å². The SMILES string of the molecule is C.CSCC[C@H](NC(=O)c1ccc(CN(C)[C@@H](COCCC(C)C)CC2CCCCC2)cc1-c1ccccc1C)C(=O)O. The van der Waals surface area contributed by atoms with E-state index in [1.54, 1.807) is 11.8 Å². The second-order valence-electron chi connectivity index (χ2n) is 12.4. The molecule has 0 unspecified atom stereocenters.